The molecule has 0 radical (unpaired) electrons. The second kappa shape index (κ2) is 10.1. The van der Waals surface area contributed by atoms with Crippen LogP contribution in [0.25, 0.3) is 0 Å². The highest BCUT2D eigenvalue weighted by atomic mass is 32.2. The molecule has 1 saturated heterocycles. The standard InChI is InChI=1S/C17H25N2O5PS/c20-16(21)12-19-13-26-11-9-15(17(19)22)18-25(23,24)10-5-4-8-14-6-2-1-3-7-14/h1-3,6-7,15H,4-5,8-13H2,(H,20,21)(H2,18,23,24). The van der Waals surface area contributed by atoms with E-state index in [1.54, 1.807) is 0 Å². The lowest BCUT2D eigenvalue weighted by Gasteiger charge is -2.24. The third-order valence-electron chi connectivity index (χ3n) is 4.11. The molecule has 3 N–H and O–H groups in total. The van der Waals surface area contributed by atoms with E-state index in [-0.39, 0.29) is 12.0 Å². The number of carbonyl (C=O) groups is 2. The van der Waals surface area contributed by atoms with E-state index in [2.05, 4.69) is 5.09 Å². The molecule has 0 bridgehead atoms. The summed E-state index contributed by atoms with van der Waals surface area (Å²) >= 11 is 1.45. The maximum Gasteiger partial charge on any atom is 0.323 e. The van der Waals surface area contributed by atoms with E-state index in [4.69, 9.17) is 5.11 Å². The largest absolute Gasteiger partial charge is 0.480 e. The van der Waals surface area contributed by atoms with Crippen LogP contribution < -0.4 is 5.09 Å². The number of carboxylic acid groups (broad SMARTS) is 1. The van der Waals surface area contributed by atoms with Gasteiger partial charge in [-0.2, -0.15) is 0 Å². The van der Waals surface area contributed by atoms with Gasteiger partial charge in [0.1, 0.15) is 6.54 Å². The van der Waals surface area contributed by atoms with Gasteiger partial charge in [-0.3, -0.25) is 14.2 Å². The first-order valence-corrected chi connectivity index (χ1v) is 11.6. The fraction of sp³-hybridized carbons (Fsp3) is 0.529. The van der Waals surface area contributed by atoms with Crippen LogP contribution in [0.1, 0.15) is 24.8 Å². The first kappa shape index (κ1) is 21.0. The number of thioether (sulfide) groups is 1. The summed E-state index contributed by atoms with van der Waals surface area (Å²) in [5, 5.41) is 11.5. The zero-order valence-electron chi connectivity index (χ0n) is 14.5. The van der Waals surface area contributed by atoms with Crippen molar-refractivity contribution in [3.05, 3.63) is 35.9 Å². The Morgan fingerprint density at radius 2 is 2.04 bits per heavy atom. The molecule has 1 aliphatic heterocycles. The minimum absolute atomic E-state index is 0.0929. The fourth-order valence-electron chi connectivity index (χ4n) is 2.80. The topological polar surface area (TPSA) is 107 Å². The number of nitrogens with zero attached hydrogens (tertiary/aromatic N) is 1. The van der Waals surface area contributed by atoms with Crippen molar-refractivity contribution in [2.24, 2.45) is 0 Å². The van der Waals surface area contributed by atoms with Crippen molar-refractivity contribution in [3.8, 4) is 0 Å². The lowest BCUT2D eigenvalue weighted by molar-refractivity contribution is -0.144. The highest BCUT2D eigenvalue weighted by Crippen LogP contribution is 2.38. The first-order chi connectivity index (χ1) is 12.4. The zero-order chi connectivity index (χ0) is 19.0. The molecule has 0 aliphatic carbocycles. The van der Waals surface area contributed by atoms with Crippen molar-refractivity contribution in [2.75, 3.05) is 24.3 Å². The van der Waals surface area contributed by atoms with Crippen molar-refractivity contribution < 1.29 is 24.2 Å². The molecule has 1 aliphatic rings. The molecule has 0 aromatic heterocycles. The van der Waals surface area contributed by atoms with Crippen molar-refractivity contribution in [3.63, 3.8) is 0 Å². The van der Waals surface area contributed by atoms with Gasteiger partial charge in [0, 0.05) is 6.16 Å². The summed E-state index contributed by atoms with van der Waals surface area (Å²) in [5.74, 6) is -0.590. The quantitative estimate of drug-likeness (QED) is 0.431. The van der Waals surface area contributed by atoms with Crippen LogP contribution in [0, 0.1) is 0 Å². The Morgan fingerprint density at radius 1 is 1.31 bits per heavy atom. The number of hydrogen-bond acceptors (Lipinski definition) is 4. The predicted molar refractivity (Wildman–Crippen MR) is 102 cm³/mol. The van der Waals surface area contributed by atoms with Gasteiger partial charge in [-0.1, -0.05) is 30.3 Å². The molecule has 1 fully saturated rings. The average molecular weight is 400 g/mol. The number of aryl methyl sites for hydroxylation is 1. The molecule has 2 rings (SSSR count). The summed E-state index contributed by atoms with van der Waals surface area (Å²) in [4.78, 5) is 34.7. The van der Waals surface area contributed by atoms with E-state index >= 15 is 0 Å². The number of nitrogens with one attached hydrogen (secondary N) is 1. The number of aliphatic carboxylic acids is 1. The maximum atomic E-state index is 12.4. The van der Waals surface area contributed by atoms with Crippen molar-refractivity contribution >= 4 is 31.2 Å². The van der Waals surface area contributed by atoms with Crippen LogP contribution in [0.3, 0.4) is 0 Å². The minimum Gasteiger partial charge on any atom is -0.480 e. The third-order valence-corrected chi connectivity index (χ3v) is 6.77. The van der Waals surface area contributed by atoms with Gasteiger partial charge < -0.3 is 14.9 Å². The molecule has 0 spiro atoms. The SMILES string of the molecule is O=C(O)CN1CSCCC(NP(=O)(O)CCCCc2ccccc2)C1=O. The Balaban J connectivity index is 1.83. The summed E-state index contributed by atoms with van der Waals surface area (Å²) in [7, 11) is -3.65. The van der Waals surface area contributed by atoms with Gasteiger partial charge >= 0.3 is 5.97 Å². The molecule has 1 aromatic rings. The normalized spacial score (nSPS) is 20.4. The highest BCUT2D eigenvalue weighted by molar-refractivity contribution is 7.99. The zero-order valence-corrected chi connectivity index (χ0v) is 16.3. The molecule has 26 heavy (non-hydrogen) atoms. The summed E-state index contributed by atoms with van der Waals surface area (Å²) in [6.45, 7) is -0.392. The van der Waals surface area contributed by atoms with E-state index in [1.165, 1.54) is 22.2 Å². The summed E-state index contributed by atoms with van der Waals surface area (Å²) in [5.41, 5.74) is 1.19. The Hall–Kier alpha value is -1.34. The molecule has 2 atom stereocenters. The summed E-state index contributed by atoms with van der Waals surface area (Å²) < 4.78 is 12.4. The van der Waals surface area contributed by atoms with Crippen LogP contribution in [-0.4, -0.2) is 57.2 Å². The summed E-state index contributed by atoms with van der Waals surface area (Å²) in [6.07, 6.45) is 2.70. The number of carbonyl (C=O) groups excluding carboxylic acids is 1. The Labute approximate surface area is 157 Å². The van der Waals surface area contributed by atoms with Crippen LogP contribution in [0.5, 0.6) is 0 Å². The van der Waals surface area contributed by atoms with Crippen LogP contribution in [0.15, 0.2) is 30.3 Å². The molecular formula is C17H25N2O5PS. The van der Waals surface area contributed by atoms with E-state index in [0.29, 0.717) is 18.6 Å². The Kier molecular flexibility index (Phi) is 8.15. The first-order valence-electron chi connectivity index (χ1n) is 8.59. The van der Waals surface area contributed by atoms with E-state index in [0.717, 1.165) is 12.8 Å². The Morgan fingerprint density at radius 3 is 2.73 bits per heavy atom. The molecule has 2 unspecified atom stereocenters. The number of rotatable bonds is 9. The smallest absolute Gasteiger partial charge is 0.323 e. The van der Waals surface area contributed by atoms with Gasteiger partial charge in [0.2, 0.25) is 5.91 Å². The molecular weight excluding hydrogens is 375 g/mol. The number of hydrogen-bond donors (Lipinski definition) is 3. The third kappa shape index (κ3) is 7.11. The minimum atomic E-state index is -3.65. The van der Waals surface area contributed by atoms with Gasteiger partial charge in [-0.25, -0.2) is 5.09 Å². The summed E-state index contributed by atoms with van der Waals surface area (Å²) in [6, 6.07) is 9.11. The van der Waals surface area contributed by atoms with E-state index < -0.39 is 32.0 Å². The second-order valence-electron chi connectivity index (χ2n) is 6.31. The molecule has 144 valence electrons. The maximum absolute atomic E-state index is 12.4. The number of carboxylic acids is 1. The monoisotopic (exact) mass is 400 g/mol. The molecule has 1 heterocycles. The Bertz CT molecular complexity index is 658. The fourth-order valence-corrected chi connectivity index (χ4v) is 5.28. The second-order valence-corrected chi connectivity index (χ2v) is 9.49. The molecule has 7 nitrogen and oxygen atoms in total. The van der Waals surface area contributed by atoms with Crippen molar-refractivity contribution in [1.82, 2.24) is 9.99 Å². The van der Waals surface area contributed by atoms with Gasteiger partial charge in [-0.15, -0.1) is 11.8 Å². The molecule has 1 aromatic carbocycles. The van der Waals surface area contributed by atoms with E-state index in [9.17, 15) is 19.0 Å². The van der Waals surface area contributed by atoms with E-state index in [1.807, 2.05) is 30.3 Å². The van der Waals surface area contributed by atoms with Gasteiger partial charge in [0.15, 0.2) is 0 Å². The number of amides is 1. The highest BCUT2D eigenvalue weighted by Gasteiger charge is 2.32. The van der Waals surface area contributed by atoms with Crippen molar-refractivity contribution in [2.45, 2.75) is 31.7 Å². The van der Waals surface area contributed by atoms with Crippen LogP contribution in [0.2, 0.25) is 0 Å². The lowest BCUT2D eigenvalue weighted by atomic mass is 10.1. The molecule has 0 saturated carbocycles. The van der Waals surface area contributed by atoms with Gasteiger partial charge in [0.05, 0.1) is 11.9 Å². The molecule has 9 heteroatoms. The molecule has 1 amide bonds. The van der Waals surface area contributed by atoms with Crippen LogP contribution in [0.4, 0.5) is 0 Å². The van der Waals surface area contributed by atoms with Gasteiger partial charge in [-0.05, 0) is 37.0 Å². The van der Waals surface area contributed by atoms with Gasteiger partial charge in [0.25, 0.3) is 7.52 Å². The van der Waals surface area contributed by atoms with Crippen LogP contribution in [-0.2, 0) is 20.6 Å². The number of unbranched alkanes of at least 4 members (excludes halogenated alkanes) is 1. The number of benzene rings is 1. The predicted octanol–water partition coefficient (Wildman–Crippen LogP) is 2.16. The van der Waals surface area contributed by atoms with Crippen molar-refractivity contribution in [1.29, 1.82) is 0 Å². The average Bonchev–Trinajstić information content (AvgIpc) is 2.75. The van der Waals surface area contributed by atoms with Crippen LogP contribution >= 0.6 is 19.3 Å². The lowest BCUT2D eigenvalue weighted by Crippen LogP contribution is -2.46.